The van der Waals surface area contributed by atoms with Gasteiger partial charge < -0.3 is 8.98 Å². The van der Waals surface area contributed by atoms with Gasteiger partial charge in [-0.25, -0.2) is 0 Å². The molecule has 0 amide bonds. The molecule has 3 aromatic heterocycles. The lowest BCUT2D eigenvalue weighted by Crippen LogP contribution is -1.95. The highest BCUT2D eigenvalue weighted by Crippen LogP contribution is 2.38. The summed E-state index contributed by atoms with van der Waals surface area (Å²) < 4.78 is 8.47. The second kappa shape index (κ2) is 7.06. The Morgan fingerprint density at radius 1 is 0.706 bits per heavy atom. The molecule has 0 spiro atoms. The van der Waals surface area contributed by atoms with E-state index in [1.54, 1.807) is 18.5 Å². The molecular weight excluding hydrogens is 418 g/mol. The number of para-hydroxylation sites is 2. The zero-order valence-corrected chi connectivity index (χ0v) is 18.1. The molecule has 0 atom stereocenters. The molecule has 0 saturated carbocycles. The summed E-state index contributed by atoms with van der Waals surface area (Å²) in [5.41, 5.74) is 7.45. The topological polar surface area (TPSA) is 54.8 Å². The number of benzene rings is 4. The normalized spacial score (nSPS) is 11.5. The number of rotatable bonds is 2. The van der Waals surface area contributed by atoms with E-state index in [1.165, 1.54) is 5.39 Å². The van der Waals surface area contributed by atoms with Crippen molar-refractivity contribution in [3.63, 3.8) is 0 Å². The summed E-state index contributed by atoms with van der Waals surface area (Å²) in [6, 6.07) is 33.3. The van der Waals surface area contributed by atoms with E-state index in [4.69, 9.17) is 4.42 Å². The largest absolute Gasteiger partial charge is 0.456 e. The number of pyridine rings is 1. The molecule has 34 heavy (non-hydrogen) atoms. The number of nitrogens with zero attached hydrogens (tertiary/aromatic N) is 3. The molecule has 4 heteroatoms. The third-order valence-corrected chi connectivity index (χ3v) is 6.53. The first-order valence-corrected chi connectivity index (χ1v) is 11.1. The Balaban J connectivity index is 1.57. The monoisotopic (exact) mass is 435 g/mol. The van der Waals surface area contributed by atoms with Crippen LogP contribution < -0.4 is 0 Å². The van der Waals surface area contributed by atoms with Crippen molar-refractivity contribution in [3.8, 4) is 22.9 Å². The lowest BCUT2D eigenvalue weighted by Gasteiger charge is -2.11. The zero-order valence-electron chi connectivity index (χ0n) is 18.1. The predicted octanol–water partition coefficient (Wildman–Crippen LogP) is 7.62. The summed E-state index contributed by atoms with van der Waals surface area (Å²) in [4.78, 5) is 4.25. The first kappa shape index (κ1) is 18.7. The van der Waals surface area contributed by atoms with Crippen LogP contribution in [0.3, 0.4) is 0 Å². The predicted molar refractivity (Wildman–Crippen MR) is 136 cm³/mol. The second-order valence-electron chi connectivity index (χ2n) is 8.40. The highest BCUT2D eigenvalue weighted by molar-refractivity contribution is 6.17. The standard InChI is InChI=1S/C30H17N3O/c31-17-20-12-13-32-18-26(20)19-6-5-7-21(14-19)33-27-10-3-1-8-22(27)24-16-30-25(15-28(24)33)23-9-2-4-11-29(23)34-30/h1-16,18H. The molecule has 0 radical (unpaired) electrons. The third kappa shape index (κ3) is 2.61. The van der Waals surface area contributed by atoms with Gasteiger partial charge in [-0.3, -0.25) is 4.98 Å². The van der Waals surface area contributed by atoms with Crippen molar-refractivity contribution in [2.24, 2.45) is 0 Å². The zero-order chi connectivity index (χ0) is 22.6. The van der Waals surface area contributed by atoms with Gasteiger partial charge in [0.25, 0.3) is 0 Å². The van der Waals surface area contributed by atoms with Crippen LogP contribution in [0.5, 0.6) is 0 Å². The fraction of sp³-hybridized carbons (Fsp3) is 0. The van der Waals surface area contributed by atoms with Gasteiger partial charge in [-0.15, -0.1) is 0 Å². The first-order chi connectivity index (χ1) is 16.8. The van der Waals surface area contributed by atoms with E-state index in [-0.39, 0.29) is 0 Å². The summed E-state index contributed by atoms with van der Waals surface area (Å²) in [6.07, 6.45) is 3.41. The number of hydrogen-bond acceptors (Lipinski definition) is 3. The average molecular weight is 435 g/mol. The van der Waals surface area contributed by atoms with Gasteiger partial charge in [-0.05, 0) is 48.0 Å². The SMILES string of the molecule is N#Cc1ccncc1-c1cccc(-n2c3ccccc3c3cc4oc5ccccc5c4cc32)c1. The summed E-state index contributed by atoms with van der Waals surface area (Å²) in [5.74, 6) is 0. The Labute approximate surface area is 194 Å². The molecule has 0 aliphatic carbocycles. The van der Waals surface area contributed by atoms with E-state index in [2.05, 4.69) is 70.2 Å². The highest BCUT2D eigenvalue weighted by Gasteiger charge is 2.16. The van der Waals surface area contributed by atoms with Crippen LogP contribution in [0.1, 0.15) is 5.56 Å². The van der Waals surface area contributed by atoms with Gasteiger partial charge in [0.1, 0.15) is 11.2 Å². The molecule has 0 aliphatic heterocycles. The Kier molecular flexibility index (Phi) is 3.88. The molecule has 0 unspecified atom stereocenters. The van der Waals surface area contributed by atoms with Crippen LogP contribution in [-0.2, 0) is 0 Å². The van der Waals surface area contributed by atoms with Crippen molar-refractivity contribution in [2.45, 2.75) is 0 Å². The van der Waals surface area contributed by atoms with Crippen molar-refractivity contribution >= 4 is 43.7 Å². The van der Waals surface area contributed by atoms with E-state index in [9.17, 15) is 5.26 Å². The molecule has 3 heterocycles. The summed E-state index contributed by atoms with van der Waals surface area (Å²) in [7, 11) is 0. The Hall–Kier alpha value is -4.88. The van der Waals surface area contributed by atoms with Crippen LogP contribution >= 0.6 is 0 Å². The molecule has 0 saturated heterocycles. The molecule has 7 rings (SSSR count). The maximum absolute atomic E-state index is 9.59. The smallest absolute Gasteiger partial charge is 0.136 e. The lowest BCUT2D eigenvalue weighted by molar-refractivity contribution is 0.669. The van der Waals surface area contributed by atoms with Crippen molar-refractivity contribution < 1.29 is 4.42 Å². The van der Waals surface area contributed by atoms with Crippen LogP contribution in [0, 0.1) is 11.3 Å². The molecule has 4 aromatic carbocycles. The minimum Gasteiger partial charge on any atom is -0.456 e. The van der Waals surface area contributed by atoms with Gasteiger partial charge in [0.2, 0.25) is 0 Å². The maximum atomic E-state index is 9.59. The third-order valence-electron chi connectivity index (χ3n) is 6.53. The molecule has 158 valence electrons. The molecule has 7 aromatic rings. The molecule has 0 N–H and O–H groups in total. The first-order valence-electron chi connectivity index (χ1n) is 11.1. The summed E-state index contributed by atoms with van der Waals surface area (Å²) in [5, 5.41) is 14.1. The van der Waals surface area contributed by atoms with Gasteiger partial charge in [0, 0.05) is 45.2 Å². The fourth-order valence-corrected chi connectivity index (χ4v) is 5.00. The summed E-state index contributed by atoms with van der Waals surface area (Å²) >= 11 is 0. The van der Waals surface area contributed by atoms with Crippen molar-refractivity contribution in [3.05, 3.63) is 109 Å². The number of fused-ring (bicyclic) bond motifs is 6. The fourth-order valence-electron chi connectivity index (χ4n) is 5.00. The van der Waals surface area contributed by atoms with Gasteiger partial charge in [-0.2, -0.15) is 5.26 Å². The molecular formula is C30H17N3O. The summed E-state index contributed by atoms with van der Waals surface area (Å²) in [6.45, 7) is 0. The Morgan fingerprint density at radius 3 is 2.47 bits per heavy atom. The molecule has 0 bridgehead atoms. The van der Waals surface area contributed by atoms with Gasteiger partial charge in [0.05, 0.1) is 22.7 Å². The Morgan fingerprint density at radius 2 is 1.56 bits per heavy atom. The van der Waals surface area contributed by atoms with Crippen molar-refractivity contribution in [1.82, 2.24) is 9.55 Å². The van der Waals surface area contributed by atoms with E-state index >= 15 is 0 Å². The van der Waals surface area contributed by atoms with Gasteiger partial charge >= 0.3 is 0 Å². The van der Waals surface area contributed by atoms with Gasteiger partial charge in [-0.1, -0.05) is 48.5 Å². The number of hydrogen-bond donors (Lipinski definition) is 0. The number of furan rings is 1. The van der Waals surface area contributed by atoms with E-state index in [0.29, 0.717) is 5.56 Å². The quantitative estimate of drug-likeness (QED) is 0.281. The van der Waals surface area contributed by atoms with Crippen LogP contribution in [0.2, 0.25) is 0 Å². The lowest BCUT2D eigenvalue weighted by atomic mass is 10.0. The van der Waals surface area contributed by atoms with Crippen molar-refractivity contribution in [2.75, 3.05) is 0 Å². The molecule has 0 fully saturated rings. The minimum absolute atomic E-state index is 0.612. The van der Waals surface area contributed by atoms with Crippen molar-refractivity contribution in [1.29, 1.82) is 5.26 Å². The molecule has 0 aliphatic rings. The second-order valence-corrected chi connectivity index (χ2v) is 8.40. The highest BCUT2D eigenvalue weighted by atomic mass is 16.3. The number of aromatic nitrogens is 2. The number of nitriles is 1. The maximum Gasteiger partial charge on any atom is 0.136 e. The average Bonchev–Trinajstić information content (AvgIpc) is 3.42. The van der Waals surface area contributed by atoms with Gasteiger partial charge in [0.15, 0.2) is 0 Å². The Bertz CT molecular complexity index is 1930. The van der Waals surface area contributed by atoms with E-state index in [1.807, 2.05) is 30.3 Å². The molecule has 4 nitrogen and oxygen atoms in total. The van der Waals surface area contributed by atoms with Crippen LogP contribution in [0.4, 0.5) is 0 Å². The minimum atomic E-state index is 0.612. The van der Waals surface area contributed by atoms with E-state index in [0.717, 1.165) is 55.2 Å². The van der Waals surface area contributed by atoms with Crippen LogP contribution in [0.25, 0.3) is 60.6 Å². The van der Waals surface area contributed by atoms with Crippen LogP contribution in [0.15, 0.2) is 108 Å². The van der Waals surface area contributed by atoms with E-state index < -0.39 is 0 Å². The van der Waals surface area contributed by atoms with Crippen LogP contribution in [-0.4, -0.2) is 9.55 Å².